The van der Waals surface area contributed by atoms with Crippen LogP contribution < -0.4 is 5.73 Å². The topological polar surface area (TPSA) is 56.0 Å². The van der Waals surface area contributed by atoms with Gasteiger partial charge in [-0.1, -0.05) is 17.7 Å². The molecule has 1 heterocycles. The van der Waals surface area contributed by atoms with Gasteiger partial charge in [0.15, 0.2) is 0 Å². The molecule has 0 spiro atoms. The van der Waals surface area contributed by atoms with E-state index in [2.05, 4.69) is 4.98 Å². The minimum absolute atomic E-state index is 0.255. The van der Waals surface area contributed by atoms with E-state index in [1.165, 1.54) is 0 Å². The first-order chi connectivity index (χ1) is 6.68. The Morgan fingerprint density at radius 3 is 2.86 bits per heavy atom. The summed E-state index contributed by atoms with van der Waals surface area (Å²) in [6.07, 6.45) is 1.55. The highest BCUT2D eigenvalue weighted by atomic mass is 35.5. The summed E-state index contributed by atoms with van der Waals surface area (Å²) in [5.74, 6) is -0.544. The molecule has 0 bridgehead atoms. The maximum Gasteiger partial charge on any atom is 0.267 e. The van der Waals surface area contributed by atoms with E-state index in [9.17, 15) is 4.79 Å². The van der Waals surface area contributed by atoms with Crippen molar-refractivity contribution in [2.24, 2.45) is 5.73 Å². The molecule has 4 heteroatoms. The van der Waals surface area contributed by atoms with Crippen LogP contribution in [0.1, 0.15) is 10.5 Å². The Morgan fingerprint density at radius 2 is 2.14 bits per heavy atom. The lowest BCUT2D eigenvalue weighted by atomic mass is 10.1. The van der Waals surface area contributed by atoms with Crippen LogP contribution in [0, 0.1) is 0 Å². The van der Waals surface area contributed by atoms with Gasteiger partial charge in [-0.25, -0.2) is 0 Å². The number of amides is 1. The van der Waals surface area contributed by atoms with E-state index in [1.54, 1.807) is 24.4 Å². The van der Waals surface area contributed by atoms with Crippen molar-refractivity contribution in [2.75, 3.05) is 0 Å². The Hall–Kier alpha value is -1.61. The number of fused-ring (bicyclic) bond motifs is 1. The molecule has 1 aromatic carbocycles. The van der Waals surface area contributed by atoms with E-state index in [0.717, 1.165) is 5.39 Å². The van der Waals surface area contributed by atoms with E-state index in [1.807, 2.05) is 6.07 Å². The Bertz CT molecular complexity index is 510. The number of nitrogens with two attached hydrogens (primary N) is 1. The fraction of sp³-hybridized carbons (Fsp3) is 0. The van der Waals surface area contributed by atoms with Gasteiger partial charge in [0.25, 0.3) is 5.91 Å². The molecule has 0 aliphatic heterocycles. The van der Waals surface area contributed by atoms with Crippen LogP contribution in [-0.2, 0) is 0 Å². The number of primary amides is 1. The molecule has 0 aliphatic carbocycles. The van der Waals surface area contributed by atoms with Gasteiger partial charge in [0.05, 0.1) is 0 Å². The first-order valence-electron chi connectivity index (χ1n) is 4.02. The number of pyridine rings is 1. The zero-order valence-electron chi connectivity index (χ0n) is 7.20. The number of aromatic nitrogens is 1. The predicted octanol–water partition coefficient (Wildman–Crippen LogP) is 1.99. The zero-order valence-corrected chi connectivity index (χ0v) is 7.95. The lowest BCUT2D eigenvalue weighted by molar-refractivity contribution is 0.0997. The molecule has 2 N–H and O–H groups in total. The second kappa shape index (κ2) is 3.27. The first kappa shape index (κ1) is 8.97. The average molecular weight is 207 g/mol. The molecular formula is C10H7ClN2O. The van der Waals surface area contributed by atoms with Crippen LogP contribution in [0.3, 0.4) is 0 Å². The molecule has 1 aromatic heterocycles. The number of halogens is 1. The van der Waals surface area contributed by atoms with Gasteiger partial charge in [0, 0.05) is 16.6 Å². The molecule has 0 saturated heterocycles. The zero-order chi connectivity index (χ0) is 10.1. The Morgan fingerprint density at radius 1 is 1.36 bits per heavy atom. The molecule has 1 amide bonds. The van der Waals surface area contributed by atoms with Crippen molar-refractivity contribution in [3.05, 3.63) is 41.2 Å². The Labute approximate surface area is 85.5 Å². The van der Waals surface area contributed by atoms with Gasteiger partial charge >= 0.3 is 0 Å². The maximum absolute atomic E-state index is 11.0. The number of nitrogens with zero attached hydrogens (tertiary/aromatic N) is 1. The van der Waals surface area contributed by atoms with Crippen molar-refractivity contribution in [1.82, 2.24) is 4.98 Å². The number of benzene rings is 1. The summed E-state index contributed by atoms with van der Waals surface area (Å²) in [4.78, 5) is 15.0. The number of hydrogen-bond acceptors (Lipinski definition) is 2. The number of carbonyl (C=O) groups is 1. The van der Waals surface area contributed by atoms with Crippen molar-refractivity contribution in [3.8, 4) is 0 Å². The minimum Gasteiger partial charge on any atom is -0.364 e. The van der Waals surface area contributed by atoms with Crippen molar-refractivity contribution >= 4 is 28.3 Å². The third-order valence-electron chi connectivity index (χ3n) is 1.96. The predicted molar refractivity (Wildman–Crippen MR) is 55.3 cm³/mol. The van der Waals surface area contributed by atoms with Crippen molar-refractivity contribution in [3.63, 3.8) is 0 Å². The van der Waals surface area contributed by atoms with E-state index in [4.69, 9.17) is 17.3 Å². The number of rotatable bonds is 1. The highest BCUT2D eigenvalue weighted by Gasteiger charge is 2.07. The maximum atomic E-state index is 11.0. The Kier molecular flexibility index (Phi) is 2.09. The normalized spacial score (nSPS) is 10.4. The molecule has 0 aliphatic rings. The standard InChI is InChI=1S/C10H7ClN2O/c11-7-2-1-6-3-4-13-9(10(12)14)8(6)5-7/h1-5H,(H2,12,14). The second-order valence-electron chi connectivity index (χ2n) is 2.89. The van der Waals surface area contributed by atoms with Crippen molar-refractivity contribution in [2.45, 2.75) is 0 Å². The number of carbonyl (C=O) groups excluding carboxylic acids is 1. The smallest absolute Gasteiger partial charge is 0.267 e. The molecule has 0 atom stereocenters. The molecule has 0 unspecified atom stereocenters. The third kappa shape index (κ3) is 1.42. The summed E-state index contributed by atoms with van der Waals surface area (Å²) in [6, 6.07) is 7.07. The Balaban J connectivity index is 2.84. The molecule has 70 valence electrons. The lowest BCUT2D eigenvalue weighted by Crippen LogP contribution is -2.13. The van der Waals surface area contributed by atoms with Crippen LogP contribution in [0.5, 0.6) is 0 Å². The summed E-state index contributed by atoms with van der Waals surface area (Å²) in [6.45, 7) is 0. The number of hydrogen-bond donors (Lipinski definition) is 1. The van der Waals surface area contributed by atoms with Gasteiger partial charge in [0.1, 0.15) is 5.69 Å². The van der Waals surface area contributed by atoms with Crippen LogP contribution in [0.15, 0.2) is 30.5 Å². The molecule has 0 saturated carbocycles. The van der Waals surface area contributed by atoms with Gasteiger partial charge in [-0.05, 0) is 23.6 Å². The van der Waals surface area contributed by atoms with E-state index < -0.39 is 5.91 Å². The second-order valence-corrected chi connectivity index (χ2v) is 3.33. The van der Waals surface area contributed by atoms with Gasteiger partial charge in [-0.2, -0.15) is 0 Å². The largest absolute Gasteiger partial charge is 0.364 e. The van der Waals surface area contributed by atoms with Crippen LogP contribution in [0.4, 0.5) is 0 Å². The third-order valence-corrected chi connectivity index (χ3v) is 2.20. The highest BCUT2D eigenvalue weighted by molar-refractivity contribution is 6.31. The van der Waals surface area contributed by atoms with Crippen molar-refractivity contribution in [1.29, 1.82) is 0 Å². The highest BCUT2D eigenvalue weighted by Crippen LogP contribution is 2.20. The molecule has 0 radical (unpaired) electrons. The van der Waals surface area contributed by atoms with E-state index in [0.29, 0.717) is 10.4 Å². The fourth-order valence-electron chi connectivity index (χ4n) is 1.34. The van der Waals surface area contributed by atoms with Gasteiger partial charge in [0.2, 0.25) is 0 Å². The van der Waals surface area contributed by atoms with Crippen molar-refractivity contribution < 1.29 is 4.79 Å². The van der Waals surface area contributed by atoms with E-state index in [-0.39, 0.29) is 5.69 Å². The monoisotopic (exact) mass is 206 g/mol. The molecule has 2 rings (SSSR count). The quantitative estimate of drug-likeness (QED) is 0.776. The van der Waals surface area contributed by atoms with E-state index >= 15 is 0 Å². The summed E-state index contributed by atoms with van der Waals surface area (Å²) in [5, 5.41) is 2.15. The molecule has 0 fully saturated rings. The van der Waals surface area contributed by atoms with Crippen LogP contribution in [-0.4, -0.2) is 10.9 Å². The molecule has 2 aromatic rings. The van der Waals surface area contributed by atoms with Crippen LogP contribution in [0.2, 0.25) is 5.02 Å². The summed E-state index contributed by atoms with van der Waals surface area (Å²) >= 11 is 5.82. The molecular weight excluding hydrogens is 200 g/mol. The van der Waals surface area contributed by atoms with Gasteiger partial charge in [-0.15, -0.1) is 0 Å². The van der Waals surface area contributed by atoms with Crippen LogP contribution >= 0.6 is 11.6 Å². The first-order valence-corrected chi connectivity index (χ1v) is 4.40. The summed E-state index contributed by atoms with van der Waals surface area (Å²) in [7, 11) is 0. The van der Waals surface area contributed by atoms with Gasteiger partial charge < -0.3 is 5.73 Å². The molecule has 3 nitrogen and oxygen atoms in total. The summed E-state index contributed by atoms with van der Waals surface area (Å²) in [5.41, 5.74) is 5.44. The lowest BCUT2D eigenvalue weighted by Gasteiger charge is -2.01. The molecule has 14 heavy (non-hydrogen) atoms. The SMILES string of the molecule is NC(=O)c1nccc2ccc(Cl)cc12. The summed E-state index contributed by atoms with van der Waals surface area (Å²) < 4.78 is 0. The van der Waals surface area contributed by atoms with Gasteiger partial charge in [-0.3, -0.25) is 9.78 Å². The minimum atomic E-state index is -0.544. The van der Waals surface area contributed by atoms with Crippen LogP contribution in [0.25, 0.3) is 10.8 Å². The average Bonchev–Trinajstić information content (AvgIpc) is 2.16. The fourth-order valence-corrected chi connectivity index (χ4v) is 1.51.